The zero-order valence-corrected chi connectivity index (χ0v) is 17.4. The van der Waals surface area contributed by atoms with E-state index < -0.39 is 17.3 Å². The maximum Gasteiger partial charge on any atom is 0.417 e. The zero-order valence-electron chi connectivity index (χ0n) is 16.6. The second kappa shape index (κ2) is 8.22. The Morgan fingerprint density at radius 3 is 2.32 bits per heavy atom. The standard InChI is InChI=1S/C21H19ClF3N5O/c1-14-3-2-4-16(11-14)28-7-9-29(10-8-28)17-13-27-30(20(31)19(17)22)18-6-5-15(12-26-18)21(23,24)25/h2-6,11-13H,7-10H2,1H3. The van der Waals surface area contributed by atoms with Gasteiger partial charge in [-0.05, 0) is 36.8 Å². The van der Waals surface area contributed by atoms with E-state index in [1.54, 1.807) is 0 Å². The molecule has 1 aliphatic rings. The first-order valence-electron chi connectivity index (χ1n) is 9.62. The monoisotopic (exact) mass is 449 g/mol. The van der Waals surface area contributed by atoms with Gasteiger partial charge in [0.15, 0.2) is 5.82 Å². The van der Waals surface area contributed by atoms with Gasteiger partial charge >= 0.3 is 6.18 Å². The number of hydrogen-bond donors (Lipinski definition) is 0. The number of halogens is 4. The van der Waals surface area contributed by atoms with Crippen molar-refractivity contribution in [1.82, 2.24) is 14.8 Å². The molecule has 1 fully saturated rings. The van der Waals surface area contributed by atoms with Crippen LogP contribution >= 0.6 is 11.6 Å². The van der Waals surface area contributed by atoms with Gasteiger partial charge in [-0.3, -0.25) is 4.79 Å². The van der Waals surface area contributed by atoms with Crippen molar-refractivity contribution in [2.75, 3.05) is 36.0 Å². The number of rotatable bonds is 3. The van der Waals surface area contributed by atoms with Crippen molar-refractivity contribution in [1.29, 1.82) is 0 Å². The summed E-state index contributed by atoms with van der Waals surface area (Å²) in [6.07, 6.45) is -2.40. The molecule has 6 nitrogen and oxygen atoms in total. The summed E-state index contributed by atoms with van der Waals surface area (Å²) in [5.74, 6) is -0.0317. The molecule has 0 saturated carbocycles. The van der Waals surface area contributed by atoms with Crippen molar-refractivity contribution in [3.63, 3.8) is 0 Å². The first-order chi connectivity index (χ1) is 14.7. The third-order valence-corrected chi connectivity index (χ3v) is 5.54. The molecule has 10 heteroatoms. The van der Waals surface area contributed by atoms with Crippen LogP contribution in [0, 0.1) is 6.92 Å². The zero-order chi connectivity index (χ0) is 22.2. The average Bonchev–Trinajstić information content (AvgIpc) is 2.75. The Labute approximate surface area is 181 Å². The van der Waals surface area contributed by atoms with E-state index >= 15 is 0 Å². The summed E-state index contributed by atoms with van der Waals surface area (Å²) in [4.78, 5) is 20.7. The third kappa shape index (κ3) is 4.36. The molecule has 0 unspecified atom stereocenters. The lowest BCUT2D eigenvalue weighted by Gasteiger charge is -2.37. The van der Waals surface area contributed by atoms with Crippen LogP contribution in [0.4, 0.5) is 24.5 Å². The van der Waals surface area contributed by atoms with Gasteiger partial charge in [-0.15, -0.1) is 0 Å². The van der Waals surface area contributed by atoms with Gasteiger partial charge in [0, 0.05) is 38.1 Å². The Morgan fingerprint density at radius 1 is 1.00 bits per heavy atom. The molecule has 0 amide bonds. The molecule has 0 spiro atoms. The minimum atomic E-state index is -4.51. The van der Waals surface area contributed by atoms with Crippen LogP contribution in [-0.2, 0) is 6.18 Å². The fraction of sp³-hybridized carbons (Fsp3) is 0.286. The van der Waals surface area contributed by atoms with Crippen LogP contribution in [0.25, 0.3) is 5.82 Å². The number of pyridine rings is 1. The Kier molecular flexibility index (Phi) is 5.62. The van der Waals surface area contributed by atoms with Crippen LogP contribution < -0.4 is 15.4 Å². The van der Waals surface area contributed by atoms with Crippen molar-refractivity contribution in [3.05, 3.63) is 75.3 Å². The Bertz CT molecular complexity index is 1140. The summed E-state index contributed by atoms with van der Waals surface area (Å²) in [7, 11) is 0. The number of piperazine rings is 1. The van der Waals surface area contributed by atoms with Gasteiger partial charge in [-0.2, -0.15) is 23.0 Å². The molecule has 0 atom stereocenters. The molecule has 2 aromatic heterocycles. The molecule has 3 heterocycles. The average molecular weight is 450 g/mol. The number of hydrogen-bond acceptors (Lipinski definition) is 5. The predicted molar refractivity (Wildman–Crippen MR) is 113 cm³/mol. The van der Waals surface area contributed by atoms with E-state index in [-0.39, 0.29) is 10.8 Å². The maximum absolute atomic E-state index is 12.7. The molecule has 0 aliphatic carbocycles. The largest absolute Gasteiger partial charge is 0.417 e. The molecule has 0 N–H and O–H groups in total. The third-order valence-electron chi connectivity index (χ3n) is 5.18. The van der Waals surface area contributed by atoms with E-state index in [0.717, 1.165) is 35.6 Å². The van der Waals surface area contributed by atoms with Crippen molar-refractivity contribution in [3.8, 4) is 5.82 Å². The number of alkyl halides is 3. The second-order valence-electron chi connectivity index (χ2n) is 7.28. The highest BCUT2D eigenvalue weighted by Crippen LogP contribution is 2.29. The van der Waals surface area contributed by atoms with Crippen LogP contribution in [0.5, 0.6) is 0 Å². The molecule has 3 aromatic rings. The molecule has 31 heavy (non-hydrogen) atoms. The van der Waals surface area contributed by atoms with Crippen LogP contribution in [0.1, 0.15) is 11.1 Å². The van der Waals surface area contributed by atoms with E-state index in [2.05, 4.69) is 27.1 Å². The lowest BCUT2D eigenvalue weighted by molar-refractivity contribution is -0.137. The lowest BCUT2D eigenvalue weighted by Crippen LogP contribution is -2.47. The van der Waals surface area contributed by atoms with E-state index in [0.29, 0.717) is 25.0 Å². The Balaban J connectivity index is 1.52. The maximum atomic E-state index is 12.7. The lowest BCUT2D eigenvalue weighted by atomic mass is 10.2. The molecule has 0 radical (unpaired) electrons. The summed E-state index contributed by atoms with van der Waals surface area (Å²) in [5, 5.41) is 4.04. The molecule has 1 saturated heterocycles. The number of anilines is 2. The van der Waals surface area contributed by atoms with Gasteiger partial charge in [0.1, 0.15) is 5.02 Å². The van der Waals surface area contributed by atoms with Crippen LogP contribution in [-0.4, -0.2) is 40.9 Å². The summed E-state index contributed by atoms with van der Waals surface area (Å²) < 4.78 is 39.1. The quantitative estimate of drug-likeness (QED) is 0.606. The number of aryl methyl sites for hydroxylation is 1. The minimum absolute atomic E-state index is 0.0317. The second-order valence-corrected chi connectivity index (χ2v) is 7.65. The van der Waals surface area contributed by atoms with Crippen molar-refractivity contribution in [2.24, 2.45) is 0 Å². The number of benzene rings is 1. The number of nitrogens with zero attached hydrogens (tertiary/aromatic N) is 5. The van der Waals surface area contributed by atoms with Crippen molar-refractivity contribution >= 4 is 23.0 Å². The SMILES string of the molecule is Cc1cccc(N2CCN(c3cnn(-c4ccc(C(F)(F)F)cn4)c(=O)c3Cl)CC2)c1. The Hall–Kier alpha value is -3.07. The van der Waals surface area contributed by atoms with Crippen molar-refractivity contribution in [2.45, 2.75) is 13.1 Å². The molecule has 0 bridgehead atoms. The van der Waals surface area contributed by atoms with E-state index in [1.165, 1.54) is 11.8 Å². The highest BCUT2D eigenvalue weighted by Gasteiger charge is 2.31. The van der Waals surface area contributed by atoms with Gasteiger partial charge in [0.2, 0.25) is 0 Å². The fourth-order valence-corrected chi connectivity index (χ4v) is 3.77. The van der Waals surface area contributed by atoms with E-state index in [1.807, 2.05) is 24.0 Å². The highest BCUT2D eigenvalue weighted by atomic mass is 35.5. The fourth-order valence-electron chi connectivity index (χ4n) is 3.52. The molecular weight excluding hydrogens is 431 g/mol. The minimum Gasteiger partial charge on any atom is -0.368 e. The predicted octanol–water partition coefficient (Wildman–Crippen LogP) is 3.93. The summed E-state index contributed by atoms with van der Waals surface area (Å²) >= 11 is 6.32. The molecule has 4 rings (SSSR count). The van der Waals surface area contributed by atoms with E-state index in [4.69, 9.17) is 11.6 Å². The molecular formula is C21H19ClF3N5O. The van der Waals surface area contributed by atoms with Gasteiger partial charge in [0.05, 0.1) is 17.4 Å². The Morgan fingerprint density at radius 2 is 1.71 bits per heavy atom. The van der Waals surface area contributed by atoms with Crippen LogP contribution in [0.2, 0.25) is 5.02 Å². The van der Waals surface area contributed by atoms with Crippen molar-refractivity contribution < 1.29 is 13.2 Å². The van der Waals surface area contributed by atoms with Gasteiger partial charge < -0.3 is 9.80 Å². The van der Waals surface area contributed by atoms with Gasteiger partial charge in [-0.25, -0.2) is 4.98 Å². The number of aromatic nitrogens is 3. The molecule has 162 valence electrons. The summed E-state index contributed by atoms with van der Waals surface area (Å²) in [6.45, 7) is 4.85. The smallest absolute Gasteiger partial charge is 0.368 e. The topological polar surface area (TPSA) is 54.3 Å². The molecule has 1 aliphatic heterocycles. The highest BCUT2D eigenvalue weighted by molar-refractivity contribution is 6.33. The van der Waals surface area contributed by atoms with Gasteiger partial charge in [-0.1, -0.05) is 23.7 Å². The van der Waals surface area contributed by atoms with Gasteiger partial charge in [0.25, 0.3) is 5.56 Å². The summed E-state index contributed by atoms with van der Waals surface area (Å²) in [6, 6.07) is 10.2. The van der Waals surface area contributed by atoms with Crippen LogP contribution in [0.3, 0.4) is 0 Å². The van der Waals surface area contributed by atoms with E-state index in [9.17, 15) is 18.0 Å². The summed E-state index contributed by atoms with van der Waals surface area (Å²) in [5.41, 5.74) is 1.30. The molecule has 1 aromatic carbocycles. The van der Waals surface area contributed by atoms with Crippen LogP contribution in [0.15, 0.2) is 53.6 Å². The first kappa shape index (κ1) is 21.2. The normalized spacial score (nSPS) is 14.7. The first-order valence-corrected chi connectivity index (χ1v) is 10.00.